The molecule has 6 heteroatoms. The van der Waals surface area contributed by atoms with E-state index in [0.717, 1.165) is 69.2 Å². The molecule has 0 bridgehead atoms. The summed E-state index contributed by atoms with van der Waals surface area (Å²) >= 11 is 0. The Morgan fingerprint density at radius 1 is 0.329 bits per heavy atom. The van der Waals surface area contributed by atoms with Crippen LogP contribution in [0.1, 0.15) is 25.0 Å². The normalized spacial score (nSPS) is 13.1. The molecule has 76 heavy (non-hydrogen) atoms. The zero-order chi connectivity index (χ0) is 49.9. The van der Waals surface area contributed by atoms with E-state index in [2.05, 4.69) is 241 Å². The van der Waals surface area contributed by atoms with Gasteiger partial charge in [0.1, 0.15) is 23.0 Å². The number of benzene rings is 11. The smallest absolute Gasteiger partial charge is 0.256 e. The second-order valence-electron chi connectivity index (χ2n) is 21.2. The van der Waals surface area contributed by atoms with Gasteiger partial charge in [0.2, 0.25) is 0 Å². The van der Waals surface area contributed by atoms with Gasteiger partial charge in [-0.1, -0.05) is 184 Å². The lowest BCUT2D eigenvalue weighted by atomic mass is 9.31. The van der Waals surface area contributed by atoms with E-state index in [1.54, 1.807) is 0 Å². The van der Waals surface area contributed by atoms with Gasteiger partial charge in [-0.15, -0.1) is 0 Å². The zero-order valence-electron chi connectivity index (χ0n) is 42.1. The van der Waals surface area contributed by atoms with Crippen LogP contribution in [-0.2, 0) is 12.8 Å². The molecule has 0 N–H and O–H groups in total. The molecule has 0 saturated carbocycles. The molecular formula is C70H46B2N2O2. The predicted octanol–water partition coefficient (Wildman–Crippen LogP) is 13.5. The van der Waals surface area contributed by atoms with Crippen molar-refractivity contribution in [2.75, 3.05) is 0 Å². The number of aromatic nitrogens is 2. The Hall–Kier alpha value is -9.25. The molecule has 13 aromatic rings. The Balaban J connectivity index is 1.07. The molecule has 0 saturated heterocycles. The summed E-state index contributed by atoms with van der Waals surface area (Å²) in [6.07, 6.45) is 1.83. The topological polar surface area (TPSA) is 28.3 Å². The maximum absolute atomic E-state index is 7.78. The van der Waals surface area contributed by atoms with Crippen LogP contribution in [0.2, 0.25) is 0 Å². The Morgan fingerprint density at radius 3 is 1.08 bits per heavy atom. The van der Waals surface area contributed by atoms with E-state index in [-0.39, 0.29) is 13.4 Å². The first-order valence-electron chi connectivity index (χ1n) is 26.9. The summed E-state index contributed by atoms with van der Waals surface area (Å²) < 4.78 is 20.7. The number of aryl methyl sites for hydroxylation is 2. The van der Waals surface area contributed by atoms with Crippen molar-refractivity contribution in [1.82, 2.24) is 9.13 Å². The lowest BCUT2D eigenvalue weighted by molar-refractivity contribution is 0.472. The van der Waals surface area contributed by atoms with Gasteiger partial charge in [-0.25, -0.2) is 0 Å². The van der Waals surface area contributed by atoms with Gasteiger partial charge >= 0.3 is 0 Å². The summed E-state index contributed by atoms with van der Waals surface area (Å²) in [7, 11) is 0. The molecule has 0 radical (unpaired) electrons. The van der Waals surface area contributed by atoms with E-state index in [4.69, 9.17) is 9.47 Å². The van der Waals surface area contributed by atoms with Crippen LogP contribution in [-0.4, -0.2) is 22.6 Å². The van der Waals surface area contributed by atoms with Crippen LogP contribution in [0.5, 0.6) is 23.0 Å². The second-order valence-corrected chi connectivity index (χ2v) is 21.2. The Kier molecular flexibility index (Phi) is 8.67. The first kappa shape index (κ1) is 42.1. The molecule has 0 amide bonds. The first-order chi connectivity index (χ1) is 37.6. The number of nitrogens with zero attached hydrogens (tertiary/aromatic N) is 2. The van der Waals surface area contributed by atoms with Crippen LogP contribution < -0.4 is 42.3 Å². The summed E-state index contributed by atoms with van der Waals surface area (Å²) in [4.78, 5) is 0. The van der Waals surface area contributed by atoms with E-state index in [0.29, 0.717) is 0 Å². The third-order valence-corrected chi connectivity index (χ3v) is 17.3. The third-order valence-electron chi connectivity index (χ3n) is 17.3. The molecule has 0 atom stereocenters. The summed E-state index contributed by atoms with van der Waals surface area (Å²) in [5.74, 6) is 3.60. The van der Waals surface area contributed by atoms with Crippen molar-refractivity contribution >= 4 is 89.8 Å². The number of rotatable bonds is 6. The largest absolute Gasteiger partial charge is 0.456 e. The molecule has 354 valence electrons. The maximum Gasteiger partial charge on any atom is 0.256 e. The molecule has 6 heterocycles. The first-order valence-corrected chi connectivity index (χ1v) is 26.9. The van der Waals surface area contributed by atoms with E-state index in [1.165, 1.54) is 110 Å². The van der Waals surface area contributed by atoms with E-state index in [9.17, 15) is 0 Å². The molecule has 0 fully saturated rings. The summed E-state index contributed by atoms with van der Waals surface area (Å²) in [5, 5.41) is 4.88. The SMILES string of the molecule is CCc1ccc2c(c1)B1c3c(c4c5c(c3-n3c6ccc(-c7ccccc7)cc6c6cc(-c7ccccc7)cc1c63)Oc1ccc(CC)cc1B5c1cc(-c3ccccc3)cc3c5cc(-c6ccccc6)ccc5n-4c13)O2. The molecule has 4 aliphatic heterocycles. The second kappa shape index (κ2) is 15.6. The standard InChI is InChI=1S/C70H46B2N2O2/c1-3-41-25-31-61-55(33-41)71-57-39-49(45-21-13-7-14-22-45)37-53-51-35-47(43-17-9-5-10-18-43)27-29-59(51)73(65(53)57)67-63(71)69(75-61)68-64-70(67)76-62-32-26-42(4-2)34-56(62)72(64)58-40-50(46-23-15-8-16-24-46)38-54-52-36-48(44-19-11-6-12-20-44)28-30-60(52)74(68)66(54)58/h5-40H,3-4H2,1-2H3. The monoisotopic (exact) mass is 968 g/mol. The molecule has 4 nitrogen and oxygen atoms in total. The zero-order valence-corrected chi connectivity index (χ0v) is 42.1. The van der Waals surface area contributed by atoms with Crippen LogP contribution in [0.25, 0.3) is 99.5 Å². The van der Waals surface area contributed by atoms with Crippen molar-refractivity contribution < 1.29 is 9.47 Å². The quantitative estimate of drug-likeness (QED) is 0.155. The van der Waals surface area contributed by atoms with Gasteiger partial charge in [-0.05, 0) is 139 Å². The Bertz CT molecular complexity index is 4360. The van der Waals surface area contributed by atoms with Gasteiger partial charge in [-0.2, -0.15) is 0 Å². The van der Waals surface area contributed by atoms with Gasteiger partial charge in [0.15, 0.2) is 0 Å². The highest BCUT2D eigenvalue weighted by Gasteiger charge is 2.50. The lowest BCUT2D eigenvalue weighted by Crippen LogP contribution is -2.63. The molecule has 0 unspecified atom stereocenters. The van der Waals surface area contributed by atoms with Gasteiger partial charge in [0.25, 0.3) is 13.4 Å². The van der Waals surface area contributed by atoms with Gasteiger partial charge in [0, 0.05) is 43.5 Å². The Morgan fingerprint density at radius 2 is 0.697 bits per heavy atom. The number of hydrogen-bond acceptors (Lipinski definition) is 2. The van der Waals surface area contributed by atoms with Crippen molar-refractivity contribution in [2.24, 2.45) is 0 Å². The summed E-state index contributed by atoms with van der Waals surface area (Å²) in [6.45, 7) is 4.16. The average Bonchev–Trinajstić information content (AvgIpc) is 4.15. The fourth-order valence-electron chi connectivity index (χ4n) is 13.8. The highest BCUT2D eigenvalue weighted by Crippen LogP contribution is 2.50. The van der Waals surface area contributed by atoms with Crippen LogP contribution in [0.4, 0.5) is 0 Å². The minimum Gasteiger partial charge on any atom is -0.456 e. The van der Waals surface area contributed by atoms with Crippen LogP contribution >= 0.6 is 0 Å². The van der Waals surface area contributed by atoms with Crippen molar-refractivity contribution in [3.05, 3.63) is 230 Å². The van der Waals surface area contributed by atoms with E-state index < -0.39 is 0 Å². The predicted molar refractivity (Wildman–Crippen MR) is 318 cm³/mol. The molecule has 17 rings (SSSR count). The maximum atomic E-state index is 7.78. The molecule has 0 aliphatic carbocycles. The highest BCUT2D eigenvalue weighted by atomic mass is 16.5. The van der Waals surface area contributed by atoms with Crippen molar-refractivity contribution in [3.63, 3.8) is 0 Å². The molecular weight excluding hydrogens is 922 g/mol. The van der Waals surface area contributed by atoms with Gasteiger partial charge in [0.05, 0.1) is 22.4 Å². The van der Waals surface area contributed by atoms with Gasteiger partial charge < -0.3 is 18.6 Å². The number of hydrogen-bond donors (Lipinski definition) is 0. The van der Waals surface area contributed by atoms with E-state index >= 15 is 0 Å². The highest BCUT2D eigenvalue weighted by molar-refractivity contribution is 7.02. The third kappa shape index (κ3) is 5.71. The van der Waals surface area contributed by atoms with Crippen LogP contribution in [0.3, 0.4) is 0 Å². The van der Waals surface area contributed by atoms with Gasteiger partial charge in [-0.3, -0.25) is 0 Å². The minimum absolute atomic E-state index is 0.173. The molecule has 0 spiro atoms. The lowest BCUT2D eigenvalue weighted by Gasteiger charge is -2.41. The fraction of sp³-hybridized carbons (Fsp3) is 0.0571. The van der Waals surface area contributed by atoms with Crippen molar-refractivity contribution in [2.45, 2.75) is 26.7 Å². The molecule has 11 aromatic carbocycles. The molecule has 2 aromatic heterocycles. The molecule has 4 aliphatic rings. The fourth-order valence-corrected chi connectivity index (χ4v) is 13.8. The summed E-state index contributed by atoms with van der Waals surface area (Å²) in [5.41, 5.74) is 26.2. The Labute approximate surface area is 441 Å². The van der Waals surface area contributed by atoms with E-state index in [1.807, 2.05) is 0 Å². The number of fused-ring (bicyclic) bond motifs is 16. The average molecular weight is 969 g/mol. The minimum atomic E-state index is -0.173. The van der Waals surface area contributed by atoms with Crippen molar-refractivity contribution in [3.8, 4) is 78.9 Å². The van der Waals surface area contributed by atoms with Crippen LogP contribution in [0, 0.1) is 0 Å². The van der Waals surface area contributed by atoms with Crippen molar-refractivity contribution in [1.29, 1.82) is 0 Å². The van der Waals surface area contributed by atoms with Crippen LogP contribution in [0.15, 0.2) is 218 Å². The number of ether oxygens (including phenoxy) is 2. The summed E-state index contributed by atoms with van der Waals surface area (Å²) in [6, 6.07) is 81.3.